The van der Waals surface area contributed by atoms with E-state index in [1.165, 1.54) is 0 Å². The molecule has 36 heavy (non-hydrogen) atoms. The molecule has 0 bridgehead atoms. The van der Waals surface area contributed by atoms with Crippen molar-refractivity contribution in [3.05, 3.63) is 119 Å². The van der Waals surface area contributed by atoms with Gasteiger partial charge in [-0.05, 0) is 42.0 Å². The highest BCUT2D eigenvalue weighted by Crippen LogP contribution is 2.40. The Morgan fingerprint density at radius 3 is 1.94 bits per heavy atom. The number of anilines is 1. The minimum atomic E-state index is -0.257. The number of allylic oxidation sites excluding steroid dienone is 10. The van der Waals surface area contributed by atoms with Crippen molar-refractivity contribution >= 4 is 28.7 Å². The van der Waals surface area contributed by atoms with E-state index in [4.69, 9.17) is 4.74 Å². The van der Waals surface area contributed by atoms with E-state index in [9.17, 15) is 9.59 Å². The number of amides is 1. The van der Waals surface area contributed by atoms with Crippen LogP contribution < -0.4 is 9.64 Å². The van der Waals surface area contributed by atoms with Gasteiger partial charge in [-0.2, -0.15) is 0 Å². The van der Waals surface area contributed by atoms with E-state index in [1.807, 2.05) is 77.7 Å². The molecule has 2 aromatic carbocycles. The molecular weight excluding hydrogens is 446 g/mol. The Kier molecular flexibility index (Phi) is 6.68. The SMILES string of the molecule is CC(C)CN1C(=O)C(=C2C=CCC=C2)c2ccccc21.O=C1Oc2ccccc2C1=C1C=CCC=C1. The van der Waals surface area contributed by atoms with Gasteiger partial charge >= 0.3 is 5.97 Å². The quantitative estimate of drug-likeness (QED) is 0.272. The first-order valence-corrected chi connectivity index (χ1v) is 12.4. The van der Waals surface area contributed by atoms with Gasteiger partial charge in [0, 0.05) is 17.7 Å². The number of hydrogen-bond acceptors (Lipinski definition) is 3. The lowest BCUT2D eigenvalue weighted by Crippen LogP contribution is -2.30. The standard InChI is InChI=1S/C18H19NO.C14H10O2/c1-13(2)12-19-16-11-7-6-10-15(16)17(18(19)20)14-8-4-3-5-9-14;15-14-13(10-6-2-1-3-7-10)11-8-4-5-9-12(11)16-14/h4-11,13H,3,12H2,1-2H3;2-9H,1H2. The van der Waals surface area contributed by atoms with Gasteiger partial charge in [-0.25, -0.2) is 4.79 Å². The molecule has 0 saturated carbocycles. The molecule has 0 saturated heterocycles. The summed E-state index contributed by atoms with van der Waals surface area (Å²) in [5, 5.41) is 0. The summed E-state index contributed by atoms with van der Waals surface area (Å²) < 4.78 is 5.21. The maximum atomic E-state index is 12.8. The van der Waals surface area contributed by atoms with Crippen LogP contribution in [0.5, 0.6) is 5.75 Å². The summed E-state index contributed by atoms with van der Waals surface area (Å²) in [6, 6.07) is 15.6. The topological polar surface area (TPSA) is 46.6 Å². The lowest BCUT2D eigenvalue weighted by molar-refractivity contribution is -0.127. The second kappa shape index (κ2) is 10.2. The summed E-state index contributed by atoms with van der Waals surface area (Å²) in [6.45, 7) is 5.04. The normalized spacial score (nSPS) is 17.5. The molecule has 2 aromatic rings. The Hall–Kier alpha value is -4.18. The van der Waals surface area contributed by atoms with Crippen molar-refractivity contribution in [1.82, 2.24) is 0 Å². The van der Waals surface area contributed by atoms with Crippen LogP contribution in [0.2, 0.25) is 0 Å². The number of benzene rings is 2. The highest BCUT2D eigenvalue weighted by molar-refractivity contribution is 6.34. The predicted octanol–water partition coefficient (Wildman–Crippen LogP) is 6.83. The van der Waals surface area contributed by atoms with Crippen molar-refractivity contribution < 1.29 is 14.3 Å². The number of esters is 1. The monoisotopic (exact) mass is 475 g/mol. The minimum Gasteiger partial charge on any atom is -0.422 e. The van der Waals surface area contributed by atoms with Gasteiger partial charge in [-0.15, -0.1) is 0 Å². The number of nitrogens with zero attached hydrogens (tertiary/aromatic N) is 1. The lowest BCUT2D eigenvalue weighted by Gasteiger charge is -2.19. The van der Waals surface area contributed by atoms with Gasteiger partial charge in [-0.1, -0.05) is 98.9 Å². The molecule has 0 aromatic heterocycles. The molecule has 1 amide bonds. The summed E-state index contributed by atoms with van der Waals surface area (Å²) in [6.07, 6.45) is 18.2. The second-order valence-corrected chi connectivity index (χ2v) is 9.45. The zero-order valence-corrected chi connectivity index (χ0v) is 20.6. The maximum Gasteiger partial charge on any atom is 0.344 e. The van der Waals surface area contributed by atoms with Gasteiger partial charge in [0.2, 0.25) is 0 Å². The summed E-state index contributed by atoms with van der Waals surface area (Å²) in [5.74, 6) is 0.981. The predicted molar refractivity (Wildman–Crippen MR) is 145 cm³/mol. The van der Waals surface area contributed by atoms with Crippen LogP contribution in [0.15, 0.2) is 108 Å². The zero-order valence-electron chi connectivity index (χ0n) is 20.6. The number of ether oxygens (including phenoxy) is 1. The Morgan fingerprint density at radius 2 is 1.31 bits per heavy atom. The molecule has 0 unspecified atom stereocenters. The van der Waals surface area contributed by atoms with Crippen molar-refractivity contribution in [2.45, 2.75) is 26.7 Å². The van der Waals surface area contributed by atoms with Crippen LogP contribution in [0.1, 0.15) is 37.8 Å². The average Bonchev–Trinajstić information content (AvgIpc) is 3.38. The molecule has 180 valence electrons. The number of carbonyl (C=O) groups excluding carboxylic acids is 2. The molecule has 2 heterocycles. The van der Waals surface area contributed by atoms with Crippen molar-refractivity contribution in [3.63, 3.8) is 0 Å². The Morgan fingerprint density at radius 1 is 0.750 bits per heavy atom. The van der Waals surface area contributed by atoms with Crippen LogP contribution in [-0.2, 0) is 9.59 Å². The molecule has 2 aliphatic heterocycles. The summed E-state index contributed by atoms with van der Waals surface area (Å²) >= 11 is 0. The second-order valence-electron chi connectivity index (χ2n) is 9.45. The fourth-order valence-electron chi connectivity index (χ4n) is 4.78. The Balaban J connectivity index is 0.000000152. The van der Waals surface area contributed by atoms with Gasteiger partial charge in [-0.3, -0.25) is 4.79 Å². The minimum absolute atomic E-state index is 0.131. The van der Waals surface area contributed by atoms with Gasteiger partial charge < -0.3 is 9.64 Å². The van der Waals surface area contributed by atoms with Crippen LogP contribution in [0, 0.1) is 5.92 Å². The van der Waals surface area contributed by atoms with E-state index >= 15 is 0 Å². The molecule has 4 heteroatoms. The third-order valence-electron chi connectivity index (χ3n) is 6.35. The fourth-order valence-corrected chi connectivity index (χ4v) is 4.78. The molecule has 0 radical (unpaired) electrons. The number of fused-ring (bicyclic) bond motifs is 2. The van der Waals surface area contributed by atoms with Crippen LogP contribution in [0.4, 0.5) is 5.69 Å². The number of carbonyl (C=O) groups is 2. The van der Waals surface area contributed by atoms with Crippen LogP contribution in [-0.4, -0.2) is 18.4 Å². The first-order valence-electron chi connectivity index (χ1n) is 12.4. The van der Waals surface area contributed by atoms with Gasteiger partial charge in [0.25, 0.3) is 5.91 Å². The van der Waals surface area contributed by atoms with E-state index in [0.717, 1.165) is 52.9 Å². The van der Waals surface area contributed by atoms with E-state index in [-0.39, 0.29) is 11.9 Å². The number of hydrogen-bond donors (Lipinski definition) is 0. The third-order valence-corrected chi connectivity index (χ3v) is 6.35. The third kappa shape index (κ3) is 4.55. The van der Waals surface area contributed by atoms with Crippen molar-refractivity contribution in [2.75, 3.05) is 11.4 Å². The van der Waals surface area contributed by atoms with Crippen molar-refractivity contribution in [2.24, 2.45) is 5.92 Å². The lowest BCUT2D eigenvalue weighted by atomic mass is 9.98. The highest BCUT2D eigenvalue weighted by Gasteiger charge is 2.33. The first-order chi connectivity index (χ1) is 17.5. The van der Waals surface area contributed by atoms with Gasteiger partial charge in [0.15, 0.2) is 0 Å². The molecule has 4 nitrogen and oxygen atoms in total. The van der Waals surface area contributed by atoms with E-state index in [2.05, 4.69) is 38.2 Å². The highest BCUT2D eigenvalue weighted by atomic mass is 16.5. The average molecular weight is 476 g/mol. The molecule has 0 atom stereocenters. The number of para-hydroxylation sites is 2. The largest absolute Gasteiger partial charge is 0.422 e. The van der Waals surface area contributed by atoms with Crippen molar-refractivity contribution in [3.8, 4) is 5.75 Å². The van der Waals surface area contributed by atoms with E-state index in [1.54, 1.807) is 0 Å². The van der Waals surface area contributed by atoms with Crippen molar-refractivity contribution in [1.29, 1.82) is 0 Å². The molecular formula is C32H29NO3. The van der Waals surface area contributed by atoms with Gasteiger partial charge in [0.1, 0.15) is 5.75 Å². The van der Waals surface area contributed by atoms with Crippen LogP contribution in [0.3, 0.4) is 0 Å². The van der Waals surface area contributed by atoms with E-state index in [0.29, 0.717) is 17.2 Å². The molecule has 0 fully saturated rings. The molecule has 6 rings (SSSR count). The number of rotatable bonds is 2. The van der Waals surface area contributed by atoms with E-state index < -0.39 is 0 Å². The Labute approximate surface area is 212 Å². The fraction of sp³-hybridized carbons (Fsp3) is 0.188. The summed E-state index contributed by atoms with van der Waals surface area (Å²) in [5.41, 5.74) is 6.46. The van der Waals surface area contributed by atoms with Crippen LogP contribution >= 0.6 is 0 Å². The molecule has 4 aliphatic rings. The smallest absolute Gasteiger partial charge is 0.344 e. The maximum absolute atomic E-state index is 12.8. The Bertz CT molecular complexity index is 1370. The molecule has 0 spiro atoms. The molecule has 0 N–H and O–H groups in total. The zero-order chi connectivity index (χ0) is 25.1. The molecule has 2 aliphatic carbocycles. The van der Waals surface area contributed by atoms with Crippen LogP contribution in [0.25, 0.3) is 11.1 Å². The summed E-state index contributed by atoms with van der Waals surface area (Å²) in [7, 11) is 0. The summed E-state index contributed by atoms with van der Waals surface area (Å²) in [4.78, 5) is 26.5. The van der Waals surface area contributed by atoms with Gasteiger partial charge in [0.05, 0.1) is 16.8 Å². The first kappa shape index (κ1) is 23.6.